The summed E-state index contributed by atoms with van der Waals surface area (Å²) < 4.78 is 0. The van der Waals surface area contributed by atoms with Gasteiger partial charge in [-0.25, -0.2) is 4.98 Å². The summed E-state index contributed by atoms with van der Waals surface area (Å²) in [5, 5.41) is 2.99. The molecule has 1 N–H and O–H groups in total. The van der Waals surface area contributed by atoms with Crippen molar-refractivity contribution < 1.29 is 9.59 Å². The number of allylic oxidation sites excluding steroid dienone is 1. The maximum Gasteiger partial charge on any atom is 0.274 e. The second-order valence-corrected chi connectivity index (χ2v) is 6.15. The van der Waals surface area contributed by atoms with E-state index in [1.165, 1.54) is 49.8 Å². The summed E-state index contributed by atoms with van der Waals surface area (Å²) in [6.07, 6.45) is 12.6. The molecular formula is C17H22N4O2. The Hall–Kier alpha value is -2.24. The zero-order chi connectivity index (χ0) is 16.1. The molecule has 2 aliphatic rings. The fourth-order valence-electron chi connectivity index (χ4n) is 3.00. The number of carbonyl (C=O) groups excluding carboxylic acids is 2. The quantitative estimate of drug-likeness (QED) is 0.837. The number of aromatic nitrogens is 2. The van der Waals surface area contributed by atoms with Gasteiger partial charge in [0, 0.05) is 32.0 Å². The SMILES string of the molecule is O=C(NCCC1=CCCCC1)C1CN(C(=O)c2cnccn2)C1. The smallest absolute Gasteiger partial charge is 0.274 e. The van der Waals surface area contributed by atoms with Gasteiger partial charge in [0.2, 0.25) is 5.91 Å². The van der Waals surface area contributed by atoms with Crippen LogP contribution in [0, 0.1) is 5.92 Å². The van der Waals surface area contributed by atoms with E-state index in [4.69, 9.17) is 0 Å². The summed E-state index contributed by atoms with van der Waals surface area (Å²) >= 11 is 0. The third-order valence-electron chi connectivity index (χ3n) is 4.45. The molecule has 0 radical (unpaired) electrons. The summed E-state index contributed by atoms with van der Waals surface area (Å²) in [7, 11) is 0. The first-order valence-electron chi connectivity index (χ1n) is 8.25. The van der Waals surface area contributed by atoms with E-state index < -0.39 is 0 Å². The van der Waals surface area contributed by atoms with Gasteiger partial charge in [0.05, 0.1) is 12.1 Å². The highest BCUT2D eigenvalue weighted by molar-refractivity contribution is 5.94. The number of hydrogen-bond donors (Lipinski definition) is 1. The van der Waals surface area contributed by atoms with Gasteiger partial charge in [-0.3, -0.25) is 14.6 Å². The molecule has 1 saturated heterocycles. The van der Waals surface area contributed by atoms with Crippen LogP contribution in [0.2, 0.25) is 0 Å². The standard InChI is InChI=1S/C17H22N4O2/c22-16(20-7-6-13-4-2-1-3-5-13)14-11-21(12-14)17(23)15-10-18-8-9-19-15/h4,8-10,14H,1-3,5-7,11-12H2,(H,20,22). The van der Waals surface area contributed by atoms with Crippen LogP contribution in [0.4, 0.5) is 0 Å². The van der Waals surface area contributed by atoms with Crippen LogP contribution in [0.3, 0.4) is 0 Å². The molecule has 0 atom stereocenters. The van der Waals surface area contributed by atoms with Crippen molar-refractivity contribution in [2.45, 2.75) is 32.1 Å². The number of likely N-dealkylation sites (tertiary alicyclic amines) is 1. The van der Waals surface area contributed by atoms with Crippen molar-refractivity contribution >= 4 is 11.8 Å². The molecule has 6 heteroatoms. The molecular weight excluding hydrogens is 292 g/mol. The van der Waals surface area contributed by atoms with Gasteiger partial charge in [-0.1, -0.05) is 11.6 Å². The van der Waals surface area contributed by atoms with Crippen LogP contribution in [0.25, 0.3) is 0 Å². The molecule has 0 saturated carbocycles. The molecule has 1 fully saturated rings. The topological polar surface area (TPSA) is 75.2 Å². The third-order valence-corrected chi connectivity index (χ3v) is 4.45. The van der Waals surface area contributed by atoms with Gasteiger partial charge in [0.25, 0.3) is 5.91 Å². The molecule has 1 aliphatic heterocycles. The van der Waals surface area contributed by atoms with Crippen LogP contribution < -0.4 is 5.32 Å². The van der Waals surface area contributed by atoms with Gasteiger partial charge in [-0.2, -0.15) is 0 Å². The molecule has 23 heavy (non-hydrogen) atoms. The lowest BCUT2D eigenvalue weighted by atomic mass is 9.96. The molecule has 0 aromatic carbocycles. The zero-order valence-electron chi connectivity index (χ0n) is 13.2. The minimum absolute atomic E-state index is 0.0459. The predicted molar refractivity (Wildman–Crippen MR) is 85.6 cm³/mol. The molecule has 1 aromatic heterocycles. The molecule has 3 rings (SSSR count). The fraction of sp³-hybridized carbons (Fsp3) is 0.529. The van der Waals surface area contributed by atoms with E-state index in [-0.39, 0.29) is 17.7 Å². The van der Waals surface area contributed by atoms with Crippen molar-refractivity contribution in [3.63, 3.8) is 0 Å². The first kappa shape index (κ1) is 15.6. The normalized spacial score (nSPS) is 18.1. The highest BCUT2D eigenvalue weighted by Gasteiger charge is 2.36. The zero-order valence-corrected chi connectivity index (χ0v) is 13.2. The van der Waals surface area contributed by atoms with Crippen molar-refractivity contribution in [3.8, 4) is 0 Å². The van der Waals surface area contributed by atoms with Gasteiger partial charge in [-0.05, 0) is 32.1 Å². The Labute approximate surface area is 136 Å². The van der Waals surface area contributed by atoms with Gasteiger partial charge < -0.3 is 10.2 Å². The minimum Gasteiger partial charge on any atom is -0.355 e. The Morgan fingerprint density at radius 1 is 1.26 bits per heavy atom. The van der Waals surface area contributed by atoms with Crippen LogP contribution in [0.15, 0.2) is 30.2 Å². The van der Waals surface area contributed by atoms with E-state index in [0.717, 1.165) is 6.42 Å². The first-order valence-corrected chi connectivity index (χ1v) is 8.25. The molecule has 0 bridgehead atoms. The van der Waals surface area contributed by atoms with E-state index in [1.807, 2.05) is 0 Å². The number of nitrogens with zero attached hydrogens (tertiary/aromatic N) is 3. The van der Waals surface area contributed by atoms with E-state index in [9.17, 15) is 9.59 Å². The fourth-order valence-corrected chi connectivity index (χ4v) is 3.00. The number of carbonyl (C=O) groups is 2. The first-order chi connectivity index (χ1) is 11.2. The average molecular weight is 314 g/mol. The van der Waals surface area contributed by atoms with Crippen LogP contribution in [0.1, 0.15) is 42.6 Å². The van der Waals surface area contributed by atoms with E-state index in [1.54, 1.807) is 4.90 Å². The van der Waals surface area contributed by atoms with E-state index >= 15 is 0 Å². The molecule has 1 aliphatic carbocycles. The van der Waals surface area contributed by atoms with Gasteiger partial charge in [0.1, 0.15) is 5.69 Å². The van der Waals surface area contributed by atoms with Gasteiger partial charge in [0.15, 0.2) is 0 Å². The van der Waals surface area contributed by atoms with Gasteiger partial charge in [-0.15, -0.1) is 0 Å². The molecule has 2 heterocycles. The Morgan fingerprint density at radius 3 is 2.83 bits per heavy atom. The highest BCUT2D eigenvalue weighted by Crippen LogP contribution is 2.20. The Balaban J connectivity index is 1.38. The average Bonchev–Trinajstić information content (AvgIpc) is 2.55. The number of hydrogen-bond acceptors (Lipinski definition) is 4. The maximum absolute atomic E-state index is 12.1. The second-order valence-electron chi connectivity index (χ2n) is 6.15. The number of nitrogens with one attached hydrogen (secondary N) is 1. The van der Waals surface area contributed by atoms with Crippen molar-refractivity contribution in [2.24, 2.45) is 5.92 Å². The predicted octanol–water partition coefficient (Wildman–Crippen LogP) is 1.56. The summed E-state index contributed by atoms with van der Waals surface area (Å²) in [6.45, 7) is 1.62. The third kappa shape index (κ3) is 3.94. The lowest BCUT2D eigenvalue weighted by molar-refractivity contribution is -0.128. The Bertz CT molecular complexity index is 594. The lowest BCUT2D eigenvalue weighted by Crippen LogP contribution is -2.56. The lowest BCUT2D eigenvalue weighted by Gasteiger charge is -2.37. The summed E-state index contributed by atoms with van der Waals surface area (Å²) in [6, 6.07) is 0. The summed E-state index contributed by atoms with van der Waals surface area (Å²) in [4.78, 5) is 33.7. The minimum atomic E-state index is -0.158. The Kier molecular flexibility index (Phi) is 5.00. The van der Waals surface area contributed by atoms with Crippen molar-refractivity contribution in [2.75, 3.05) is 19.6 Å². The van der Waals surface area contributed by atoms with E-state index in [2.05, 4.69) is 21.4 Å². The number of amides is 2. The monoisotopic (exact) mass is 314 g/mol. The summed E-state index contributed by atoms with van der Waals surface area (Å²) in [5.74, 6) is -0.213. The molecule has 0 unspecified atom stereocenters. The molecule has 122 valence electrons. The van der Waals surface area contributed by atoms with Crippen LogP contribution in [0.5, 0.6) is 0 Å². The molecule has 0 spiro atoms. The van der Waals surface area contributed by atoms with Crippen molar-refractivity contribution in [1.82, 2.24) is 20.2 Å². The Morgan fingerprint density at radius 2 is 2.13 bits per heavy atom. The van der Waals surface area contributed by atoms with Gasteiger partial charge >= 0.3 is 0 Å². The van der Waals surface area contributed by atoms with Crippen LogP contribution in [-0.4, -0.2) is 46.3 Å². The highest BCUT2D eigenvalue weighted by atomic mass is 16.2. The maximum atomic E-state index is 12.1. The van der Waals surface area contributed by atoms with Crippen LogP contribution in [-0.2, 0) is 4.79 Å². The summed E-state index contributed by atoms with van der Waals surface area (Å²) in [5.41, 5.74) is 1.79. The van der Waals surface area contributed by atoms with Crippen molar-refractivity contribution in [1.29, 1.82) is 0 Å². The molecule has 6 nitrogen and oxygen atoms in total. The van der Waals surface area contributed by atoms with E-state index in [0.29, 0.717) is 25.3 Å². The van der Waals surface area contributed by atoms with Crippen molar-refractivity contribution in [3.05, 3.63) is 35.9 Å². The van der Waals surface area contributed by atoms with Crippen LogP contribution >= 0.6 is 0 Å². The second kappa shape index (κ2) is 7.35. The molecule has 2 amide bonds. The number of rotatable bonds is 5. The largest absolute Gasteiger partial charge is 0.355 e. The molecule has 1 aromatic rings.